The minimum Gasteiger partial charge on any atom is -0.481 e. The van der Waals surface area contributed by atoms with Crippen LogP contribution in [-0.2, 0) is 7.05 Å². The molecule has 3 rings (SSSR count). The first-order valence-electron chi connectivity index (χ1n) is 7.35. The number of aryl methyl sites for hydroxylation is 1. The van der Waals surface area contributed by atoms with Crippen molar-refractivity contribution in [3.63, 3.8) is 0 Å². The van der Waals surface area contributed by atoms with Gasteiger partial charge in [-0.3, -0.25) is 4.79 Å². The number of aromatic nitrogens is 2. The van der Waals surface area contributed by atoms with Gasteiger partial charge in [-0.15, -0.1) is 0 Å². The number of amides is 1. The van der Waals surface area contributed by atoms with E-state index in [0.717, 1.165) is 5.39 Å². The number of fused-ring (bicyclic) bond motifs is 1. The highest BCUT2D eigenvalue weighted by atomic mass is 19.3. The summed E-state index contributed by atoms with van der Waals surface area (Å²) in [6, 6.07) is 10.8. The van der Waals surface area contributed by atoms with Crippen LogP contribution in [0.4, 0.5) is 14.5 Å². The van der Waals surface area contributed by atoms with Crippen LogP contribution < -0.4 is 14.8 Å². The summed E-state index contributed by atoms with van der Waals surface area (Å²) in [5, 5.41) is 7.72. The number of rotatable bonds is 5. The van der Waals surface area contributed by atoms with Gasteiger partial charge in [-0.25, -0.2) is 4.68 Å². The second-order valence-electron chi connectivity index (χ2n) is 5.23. The summed E-state index contributed by atoms with van der Waals surface area (Å²) in [4.78, 5) is 12.4. The van der Waals surface area contributed by atoms with Crippen LogP contribution >= 0.6 is 0 Å². The van der Waals surface area contributed by atoms with Gasteiger partial charge in [-0.05, 0) is 30.3 Å². The van der Waals surface area contributed by atoms with E-state index < -0.39 is 6.61 Å². The van der Waals surface area contributed by atoms with Gasteiger partial charge in [-0.2, -0.15) is 13.9 Å². The molecule has 1 N–H and O–H groups in total. The van der Waals surface area contributed by atoms with Crippen molar-refractivity contribution in [3.05, 3.63) is 48.0 Å². The first-order chi connectivity index (χ1) is 12.0. The summed E-state index contributed by atoms with van der Waals surface area (Å²) in [7, 11) is 3.29. The fraction of sp³-hybridized carbons (Fsp3) is 0.176. The first-order valence-corrected chi connectivity index (χ1v) is 7.35. The SMILES string of the molecule is COc1c2ccc(C(=O)Nc3cccc(OC(F)F)c3)cc2nn1C. The topological polar surface area (TPSA) is 65.4 Å². The van der Waals surface area contributed by atoms with Crippen LogP contribution in [0.1, 0.15) is 10.4 Å². The summed E-state index contributed by atoms with van der Waals surface area (Å²) >= 11 is 0. The van der Waals surface area contributed by atoms with Crippen molar-refractivity contribution >= 4 is 22.5 Å². The maximum absolute atomic E-state index is 12.4. The Labute approximate surface area is 142 Å². The summed E-state index contributed by atoms with van der Waals surface area (Å²) in [5.41, 5.74) is 1.34. The van der Waals surface area contributed by atoms with E-state index in [9.17, 15) is 13.6 Å². The van der Waals surface area contributed by atoms with Gasteiger partial charge in [0.25, 0.3) is 5.91 Å². The summed E-state index contributed by atoms with van der Waals surface area (Å²) in [6.45, 7) is -2.92. The van der Waals surface area contributed by atoms with Gasteiger partial charge in [0.1, 0.15) is 5.75 Å². The van der Waals surface area contributed by atoms with Crippen molar-refractivity contribution in [2.24, 2.45) is 7.05 Å². The number of benzene rings is 2. The Morgan fingerprint density at radius 1 is 1.24 bits per heavy atom. The monoisotopic (exact) mass is 347 g/mol. The van der Waals surface area contributed by atoms with Crippen molar-refractivity contribution in [3.8, 4) is 11.6 Å². The molecule has 3 aromatic rings. The molecule has 0 atom stereocenters. The molecule has 0 aliphatic carbocycles. The van der Waals surface area contributed by atoms with Crippen LogP contribution in [0, 0.1) is 0 Å². The van der Waals surface area contributed by atoms with Crippen molar-refractivity contribution in [2.45, 2.75) is 6.61 Å². The molecule has 0 aliphatic heterocycles. The first kappa shape index (κ1) is 16.7. The average molecular weight is 347 g/mol. The fourth-order valence-electron chi connectivity index (χ4n) is 2.51. The zero-order chi connectivity index (χ0) is 18.0. The zero-order valence-electron chi connectivity index (χ0n) is 13.5. The van der Waals surface area contributed by atoms with Gasteiger partial charge in [0, 0.05) is 24.4 Å². The van der Waals surface area contributed by atoms with E-state index in [-0.39, 0.29) is 11.7 Å². The summed E-state index contributed by atoms with van der Waals surface area (Å²) in [6.07, 6.45) is 0. The van der Waals surface area contributed by atoms with Crippen LogP contribution in [0.25, 0.3) is 10.9 Å². The predicted molar refractivity (Wildman–Crippen MR) is 88.3 cm³/mol. The Hall–Kier alpha value is -3.16. The minimum absolute atomic E-state index is 0.0299. The van der Waals surface area contributed by atoms with Gasteiger partial charge in [0.05, 0.1) is 18.0 Å². The Morgan fingerprint density at radius 2 is 2.04 bits per heavy atom. The van der Waals surface area contributed by atoms with E-state index in [4.69, 9.17) is 4.74 Å². The van der Waals surface area contributed by atoms with E-state index in [1.54, 1.807) is 43.1 Å². The number of alkyl halides is 2. The fourth-order valence-corrected chi connectivity index (χ4v) is 2.51. The number of hydrogen-bond donors (Lipinski definition) is 1. The molecule has 0 spiro atoms. The van der Waals surface area contributed by atoms with Crippen molar-refractivity contribution in [1.29, 1.82) is 0 Å². The van der Waals surface area contributed by atoms with Crippen LogP contribution in [0.3, 0.4) is 0 Å². The quantitative estimate of drug-likeness (QED) is 0.768. The third kappa shape index (κ3) is 3.52. The van der Waals surface area contributed by atoms with E-state index in [2.05, 4.69) is 15.2 Å². The molecular weight excluding hydrogens is 332 g/mol. The largest absolute Gasteiger partial charge is 0.481 e. The summed E-state index contributed by atoms with van der Waals surface area (Å²) in [5.74, 6) is 0.178. The van der Waals surface area contributed by atoms with Gasteiger partial charge in [0.2, 0.25) is 5.88 Å². The van der Waals surface area contributed by atoms with Crippen LogP contribution in [-0.4, -0.2) is 29.4 Å². The molecule has 130 valence electrons. The van der Waals surface area contributed by atoms with Crippen LogP contribution in [0.15, 0.2) is 42.5 Å². The molecule has 25 heavy (non-hydrogen) atoms. The molecule has 1 amide bonds. The second kappa shape index (κ2) is 6.76. The van der Waals surface area contributed by atoms with Crippen molar-refractivity contribution in [2.75, 3.05) is 12.4 Å². The Balaban J connectivity index is 1.83. The van der Waals surface area contributed by atoms with Gasteiger partial charge < -0.3 is 14.8 Å². The number of carbonyl (C=O) groups excluding carboxylic acids is 1. The predicted octanol–water partition coefficient (Wildman–Crippen LogP) is 3.44. The van der Waals surface area contributed by atoms with Crippen molar-refractivity contribution in [1.82, 2.24) is 9.78 Å². The highest BCUT2D eigenvalue weighted by molar-refractivity contribution is 6.06. The molecule has 0 bridgehead atoms. The lowest BCUT2D eigenvalue weighted by atomic mass is 10.1. The lowest BCUT2D eigenvalue weighted by Crippen LogP contribution is -2.12. The molecule has 6 nitrogen and oxygen atoms in total. The molecule has 8 heteroatoms. The number of halogens is 2. The Morgan fingerprint density at radius 3 is 2.76 bits per heavy atom. The number of methoxy groups -OCH3 is 1. The molecule has 0 fully saturated rings. The molecule has 0 saturated heterocycles. The number of anilines is 1. The minimum atomic E-state index is -2.92. The number of nitrogens with zero attached hydrogens (tertiary/aromatic N) is 2. The van der Waals surface area contributed by atoms with Crippen LogP contribution in [0.2, 0.25) is 0 Å². The standard InChI is InChI=1S/C17H15F2N3O3/c1-22-16(24-2)13-7-6-10(8-14(13)21-22)15(23)20-11-4-3-5-12(9-11)25-17(18)19/h3-9,17H,1-2H3,(H,20,23). The average Bonchev–Trinajstić information content (AvgIpc) is 2.88. The van der Waals surface area contributed by atoms with Crippen molar-refractivity contribution < 1.29 is 23.0 Å². The van der Waals surface area contributed by atoms with E-state index in [1.807, 2.05) is 0 Å². The molecule has 0 radical (unpaired) electrons. The van der Waals surface area contributed by atoms with Crippen LogP contribution in [0.5, 0.6) is 11.6 Å². The highest BCUT2D eigenvalue weighted by Crippen LogP contribution is 2.26. The number of ether oxygens (including phenoxy) is 2. The Kier molecular flexibility index (Phi) is 4.51. The molecule has 1 aromatic heterocycles. The smallest absolute Gasteiger partial charge is 0.387 e. The maximum atomic E-state index is 12.4. The van der Waals surface area contributed by atoms with Gasteiger partial charge >= 0.3 is 6.61 Å². The van der Waals surface area contributed by atoms with Gasteiger partial charge in [-0.1, -0.05) is 6.07 Å². The molecular formula is C17H15F2N3O3. The molecule has 2 aromatic carbocycles. The number of hydrogen-bond acceptors (Lipinski definition) is 4. The highest BCUT2D eigenvalue weighted by Gasteiger charge is 2.13. The van der Waals surface area contributed by atoms with E-state index in [1.165, 1.54) is 18.2 Å². The lowest BCUT2D eigenvalue weighted by Gasteiger charge is -2.08. The molecule has 1 heterocycles. The third-order valence-electron chi connectivity index (χ3n) is 3.55. The third-order valence-corrected chi connectivity index (χ3v) is 3.55. The lowest BCUT2D eigenvalue weighted by molar-refractivity contribution is -0.0497. The maximum Gasteiger partial charge on any atom is 0.387 e. The molecule has 0 aliphatic rings. The van der Waals surface area contributed by atoms with Gasteiger partial charge in [0.15, 0.2) is 0 Å². The number of nitrogens with one attached hydrogen (secondary N) is 1. The molecule has 0 saturated carbocycles. The Bertz CT molecular complexity index is 925. The zero-order valence-corrected chi connectivity index (χ0v) is 13.5. The number of carbonyl (C=O) groups is 1. The second-order valence-corrected chi connectivity index (χ2v) is 5.23. The van der Waals surface area contributed by atoms with E-state index in [0.29, 0.717) is 22.6 Å². The molecule has 0 unspecified atom stereocenters. The van der Waals surface area contributed by atoms with E-state index >= 15 is 0 Å². The summed E-state index contributed by atoms with van der Waals surface area (Å²) < 4.78 is 35.7. The normalized spacial score (nSPS) is 10.9.